The Morgan fingerprint density at radius 2 is 1.54 bits per heavy atom. The van der Waals surface area contributed by atoms with Gasteiger partial charge in [0.15, 0.2) is 5.16 Å². The van der Waals surface area contributed by atoms with Crippen molar-refractivity contribution in [2.24, 2.45) is 0 Å². The van der Waals surface area contributed by atoms with E-state index in [2.05, 4.69) is 55.0 Å². The molecule has 0 bridgehead atoms. The molecule has 0 atom stereocenters. The molecule has 2 aromatic carbocycles. The van der Waals surface area contributed by atoms with Crippen molar-refractivity contribution in [3.05, 3.63) is 71.4 Å². The fraction of sp³-hybridized carbons (Fsp3) is 0.304. The Kier molecular flexibility index (Phi) is 6.25. The topological polar surface area (TPSA) is 44.2 Å². The van der Waals surface area contributed by atoms with Gasteiger partial charge in [0.05, 0.1) is 7.11 Å². The highest BCUT2D eigenvalue weighted by molar-refractivity contribution is 7.98. The highest BCUT2D eigenvalue weighted by Crippen LogP contribution is 2.27. The van der Waals surface area contributed by atoms with E-state index in [0.717, 1.165) is 17.2 Å². The molecule has 0 amide bonds. The van der Waals surface area contributed by atoms with Crippen LogP contribution < -0.4 is 9.47 Å². The van der Waals surface area contributed by atoms with Gasteiger partial charge in [-0.1, -0.05) is 56.8 Å². The molecule has 3 rings (SSSR count). The van der Waals surface area contributed by atoms with Crippen LogP contribution >= 0.6 is 11.8 Å². The average Bonchev–Trinajstić information content (AvgIpc) is 2.66. The number of aryl methyl sites for hydroxylation is 1. The summed E-state index contributed by atoms with van der Waals surface area (Å²) in [6.07, 6.45) is 0. The number of benzene rings is 2. The molecular weight excluding hydrogens is 368 g/mol. The van der Waals surface area contributed by atoms with E-state index < -0.39 is 0 Å². The van der Waals surface area contributed by atoms with Crippen LogP contribution in [0.25, 0.3) is 0 Å². The zero-order chi connectivity index (χ0) is 20.1. The molecule has 0 saturated heterocycles. The molecule has 0 saturated carbocycles. The minimum Gasteiger partial charge on any atom is -0.497 e. The SMILES string of the molecule is COc1ccc(Oc2cc(C)nc(SCc3ccc(C(C)(C)C)cc3)n2)cc1. The van der Waals surface area contributed by atoms with E-state index >= 15 is 0 Å². The largest absolute Gasteiger partial charge is 0.497 e. The summed E-state index contributed by atoms with van der Waals surface area (Å²) < 4.78 is 11.1. The molecule has 1 aromatic heterocycles. The van der Waals surface area contributed by atoms with Gasteiger partial charge in [0.25, 0.3) is 0 Å². The number of aromatic nitrogens is 2. The maximum atomic E-state index is 5.88. The quantitative estimate of drug-likeness (QED) is 0.369. The van der Waals surface area contributed by atoms with E-state index in [1.54, 1.807) is 18.9 Å². The number of nitrogens with zero attached hydrogens (tertiary/aromatic N) is 2. The summed E-state index contributed by atoms with van der Waals surface area (Å²) in [5.74, 6) is 2.87. The van der Waals surface area contributed by atoms with Crippen molar-refractivity contribution < 1.29 is 9.47 Å². The Morgan fingerprint density at radius 3 is 2.14 bits per heavy atom. The van der Waals surface area contributed by atoms with E-state index in [0.29, 0.717) is 16.8 Å². The summed E-state index contributed by atoms with van der Waals surface area (Å²) in [5, 5.41) is 0.711. The van der Waals surface area contributed by atoms with Crippen LogP contribution in [0.5, 0.6) is 17.4 Å². The van der Waals surface area contributed by atoms with E-state index in [9.17, 15) is 0 Å². The highest BCUT2D eigenvalue weighted by atomic mass is 32.2. The number of hydrogen-bond acceptors (Lipinski definition) is 5. The first kappa shape index (κ1) is 20.2. The molecule has 28 heavy (non-hydrogen) atoms. The van der Waals surface area contributed by atoms with Crippen molar-refractivity contribution in [1.29, 1.82) is 0 Å². The summed E-state index contributed by atoms with van der Waals surface area (Å²) in [6, 6.07) is 18.0. The lowest BCUT2D eigenvalue weighted by Gasteiger charge is -2.19. The second kappa shape index (κ2) is 8.65. The molecule has 5 heteroatoms. The predicted octanol–water partition coefficient (Wildman–Crippen LogP) is 6.18. The number of hydrogen-bond donors (Lipinski definition) is 0. The van der Waals surface area contributed by atoms with Crippen LogP contribution in [0.15, 0.2) is 59.8 Å². The predicted molar refractivity (Wildman–Crippen MR) is 115 cm³/mol. The van der Waals surface area contributed by atoms with Crippen molar-refractivity contribution in [2.75, 3.05) is 7.11 Å². The van der Waals surface area contributed by atoms with Crippen LogP contribution in [0.3, 0.4) is 0 Å². The van der Waals surface area contributed by atoms with Crippen LogP contribution in [-0.2, 0) is 11.2 Å². The average molecular weight is 395 g/mol. The minimum atomic E-state index is 0.166. The Morgan fingerprint density at radius 1 is 0.893 bits per heavy atom. The molecule has 4 nitrogen and oxygen atoms in total. The molecule has 0 spiro atoms. The third-order valence-corrected chi connectivity index (χ3v) is 5.20. The van der Waals surface area contributed by atoms with Crippen LogP contribution in [0.2, 0.25) is 0 Å². The molecule has 0 unspecified atom stereocenters. The van der Waals surface area contributed by atoms with Crippen LogP contribution in [-0.4, -0.2) is 17.1 Å². The van der Waals surface area contributed by atoms with Gasteiger partial charge < -0.3 is 9.47 Å². The number of methoxy groups -OCH3 is 1. The second-order valence-electron chi connectivity index (χ2n) is 7.64. The number of thioether (sulfide) groups is 1. The third kappa shape index (κ3) is 5.49. The minimum absolute atomic E-state index is 0.166. The van der Waals surface area contributed by atoms with Crippen molar-refractivity contribution in [2.45, 2.75) is 44.0 Å². The summed E-state index contributed by atoms with van der Waals surface area (Å²) in [6.45, 7) is 8.62. The molecule has 146 valence electrons. The molecule has 3 aromatic rings. The van der Waals surface area contributed by atoms with Gasteiger partial charge in [-0.2, -0.15) is 4.98 Å². The van der Waals surface area contributed by atoms with Gasteiger partial charge in [-0.25, -0.2) is 4.98 Å². The Hall–Kier alpha value is -2.53. The second-order valence-corrected chi connectivity index (χ2v) is 8.59. The molecule has 0 fully saturated rings. The monoisotopic (exact) mass is 394 g/mol. The Labute approximate surface area is 171 Å². The van der Waals surface area contributed by atoms with E-state index in [-0.39, 0.29) is 5.41 Å². The Bertz CT molecular complexity index is 917. The fourth-order valence-electron chi connectivity index (χ4n) is 2.64. The highest BCUT2D eigenvalue weighted by Gasteiger charge is 2.13. The number of rotatable bonds is 6. The van der Waals surface area contributed by atoms with Crippen LogP contribution in [0.1, 0.15) is 37.6 Å². The van der Waals surface area contributed by atoms with Crippen molar-refractivity contribution >= 4 is 11.8 Å². The molecule has 1 heterocycles. The molecular formula is C23H26N2O2S. The van der Waals surface area contributed by atoms with Gasteiger partial charge in [0.2, 0.25) is 5.88 Å². The lowest BCUT2D eigenvalue weighted by Crippen LogP contribution is -2.10. The van der Waals surface area contributed by atoms with Gasteiger partial charge in [-0.05, 0) is 47.7 Å². The van der Waals surface area contributed by atoms with Crippen molar-refractivity contribution in [3.63, 3.8) is 0 Å². The zero-order valence-electron chi connectivity index (χ0n) is 17.0. The maximum absolute atomic E-state index is 5.88. The molecule has 0 radical (unpaired) electrons. The smallest absolute Gasteiger partial charge is 0.223 e. The van der Waals surface area contributed by atoms with Gasteiger partial charge in [-0.3, -0.25) is 0 Å². The van der Waals surface area contributed by atoms with Crippen LogP contribution in [0, 0.1) is 6.92 Å². The van der Waals surface area contributed by atoms with E-state index in [1.807, 2.05) is 37.3 Å². The summed E-state index contributed by atoms with van der Waals surface area (Å²) in [7, 11) is 1.64. The zero-order valence-corrected chi connectivity index (χ0v) is 17.8. The lowest BCUT2D eigenvalue weighted by molar-refractivity contribution is 0.411. The van der Waals surface area contributed by atoms with Gasteiger partial charge in [0.1, 0.15) is 11.5 Å². The van der Waals surface area contributed by atoms with Crippen LogP contribution in [0.4, 0.5) is 0 Å². The summed E-state index contributed by atoms with van der Waals surface area (Å²) >= 11 is 1.61. The standard InChI is InChI=1S/C23H26N2O2S/c1-16-14-21(27-20-12-10-19(26-5)11-13-20)25-22(24-16)28-15-17-6-8-18(9-7-17)23(2,3)4/h6-14H,15H2,1-5H3. The van der Waals surface area contributed by atoms with Gasteiger partial charge in [0, 0.05) is 17.5 Å². The van der Waals surface area contributed by atoms with Crippen molar-refractivity contribution in [1.82, 2.24) is 9.97 Å². The fourth-order valence-corrected chi connectivity index (χ4v) is 3.49. The first-order chi connectivity index (χ1) is 13.3. The van der Waals surface area contributed by atoms with Crippen molar-refractivity contribution in [3.8, 4) is 17.4 Å². The first-order valence-electron chi connectivity index (χ1n) is 9.23. The Balaban J connectivity index is 1.67. The maximum Gasteiger partial charge on any atom is 0.223 e. The van der Waals surface area contributed by atoms with E-state index in [1.165, 1.54) is 11.1 Å². The normalized spacial score (nSPS) is 11.3. The summed E-state index contributed by atoms with van der Waals surface area (Å²) in [4.78, 5) is 9.07. The number of ether oxygens (including phenoxy) is 2. The van der Waals surface area contributed by atoms with Gasteiger partial charge >= 0.3 is 0 Å². The first-order valence-corrected chi connectivity index (χ1v) is 10.2. The molecule has 0 aliphatic carbocycles. The molecule has 0 aliphatic heterocycles. The van der Waals surface area contributed by atoms with Gasteiger partial charge in [-0.15, -0.1) is 0 Å². The lowest BCUT2D eigenvalue weighted by atomic mass is 9.87. The molecule has 0 N–H and O–H groups in total. The summed E-state index contributed by atoms with van der Waals surface area (Å²) in [5.41, 5.74) is 3.63. The van der Waals surface area contributed by atoms with E-state index in [4.69, 9.17) is 9.47 Å². The molecule has 0 aliphatic rings. The third-order valence-electron chi connectivity index (χ3n) is 4.28.